The fourth-order valence-corrected chi connectivity index (χ4v) is 2.71. The Bertz CT molecular complexity index is 668. The molecular formula is C15H17N3O. The molecule has 0 amide bonds. The number of fused-ring (bicyclic) bond motifs is 1. The van der Waals surface area contributed by atoms with E-state index in [1.165, 1.54) is 0 Å². The van der Waals surface area contributed by atoms with Crippen LogP contribution in [0.3, 0.4) is 0 Å². The highest BCUT2D eigenvalue weighted by Gasteiger charge is 2.16. The van der Waals surface area contributed by atoms with Gasteiger partial charge in [0.2, 0.25) is 0 Å². The first-order valence-electron chi connectivity index (χ1n) is 6.71. The van der Waals surface area contributed by atoms with Crippen molar-refractivity contribution in [3.63, 3.8) is 0 Å². The first-order chi connectivity index (χ1) is 9.13. The van der Waals surface area contributed by atoms with E-state index in [0.29, 0.717) is 5.82 Å². The number of nitrogens with one attached hydrogen (secondary N) is 1. The molecule has 1 aliphatic rings. The third-order valence-electron chi connectivity index (χ3n) is 3.55. The summed E-state index contributed by atoms with van der Waals surface area (Å²) in [6, 6.07) is 3.92. The molecule has 1 N–H and O–H groups in total. The quantitative estimate of drug-likeness (QED) is 0.850. The first-order valence-corrected chi connectivity index (χ1v) is 6.71. The second-order valence-electron chi connectivity index (χ2n) is 5.19. The van der Waals surface area contributed by atoms with Gasteiger partial charge in [-0.2, -0.15) is 0 Å². The maximum atomic E-state index is 12.1. The van der Waals surface area contributed by atoms with E-state index in [0.717, 1.165) is 53.9 Å². The summed E-state index contributed by atoms with van der Waals surface area (Å²) in [4.78, 5) is 24.0. The monoisotopic (exact) mass is 255 g/mol. The summed E-state index contributed by atoms with van der Waals surface area (Å²) in [5.41, 5.74) is 4.68. The van der Waals surface area contributed by atoms with Crippen molar-refractivity contribution in [2.24, 2.45) is 0 Å². The molecule has 0 spiro atoms. The first kappa shape index (κ1) is 12.1. The van der Waals surface area contributed by atoms with Crippen LogP contribution in [0.15, 0.2) is 16.9 Å². The van der Waals surface area contributed by atoms with Gasteiger partial charge in [0.15, 0.2) is 0 Å². The van der Waals surface area contributed by atoms with Crippen LogP contribution in [-0.2, 0) is 12.8 Å². The Kier molecular flexibility index (Phi) is 2.93. The fourth-order valence-electron chi connectivity index (χ4n) is 2.71. The molecule has 98 valence electrons. The van der Waals surface area contributed by atoms with Crippen molar-refractivity contribution in [3.8, 4) is 11.4 Å². The molecule has 19 heavy (non-hydrogen) atoms. The van der Waals surface area contributed by atoms with Gasteiger partial charge in [-0.15, -0.1) is 0 Å². The topological polar surface area (TPSA) is 58.6 Å². The number of aromatic nitrogens is 3. The second-order valence-corrected chi connectivity index (χ2v) is 5.19. The van der Waals surface area contributed by atoms with Crippen LogP contribution in [-0.4, -0.2) is 15.0 Å². The lowest BCUT2D eigenvalue weighted by atomic mass is 9.97. The van der Waals surface area contributed by atoms with Crippen LogP contribution in [0, 0.1) is 13.8 Å². The van der Waals surface area contributed by atoms with E-state index >= 15 is 0 Å². The third-order valence-corrected chi connectivity index (χ3v) is 3.55. The zero-order valence-corrected chi connectivity index (χ0v) is 11.3. The number of pyridine rings is 1. The Labute approximate surface area is 111 Å². The number of aromatic amines is 1. The lowest BCUT2D eigenvalue weighted by Gasteiger charge is -2.14. The van der Waals surface area contributed by atoms with E-state index in [1.54, 1.807) is 0 Å². The van der Waals surface area contributed by atoms with Crippen molar-refractivity contribution >= 4 is 0 Å². The SMILES string of the molecule is Cc1cc(-c2nc3c(c(=O)[nH]2)CCCC3)cc(C)n1. The molecule has 2 heterocycles. The molecule has 2 aromatic rings. The van der Waals surface area contributed by atoms with Crippen LogP contribution < -0.4 is 5.56 Å². The highest BCUT2D eigenvalue weighted by molar-refractivity contribution is 5.56. The molecular weight excluding hydrogens is 238 g/mol. The van der Waals surface area contributed by atoms with Crippen molar-refractivity contribution in [1.29, 1.82) is 0 Å². The number of H-pyrrole nitrogens is 1. The van der Waals surface area contributed by atoms with Crippen LogP contribution in [0.4, 0.5) is 0 Å². The van der Waals surface area contributed by atoms with Crippen molar-refractivity contribution in [1.82, 2.24) is 15.0 Å². The van der Waals surface area contributed by atoms with Gasteiger partial charge in [0.1, 0.15) is 5.82 Å². The minimum absolute atomic E-state index is 0.0202. The van der Waals surface area contributed by atoms with E-state index in [-0.39, 0.29) is 5.56 Å². The Morgan fingerprint density at radius 1 is 1.05 bits per heavy atom. The van der Waals surface area contributed by atoms with Crippen molar-refractivity contribution < 1.29 is 0 Å². The molecule has 0 aliphatic heterocycles. The van der Waals surface area contributed by atoms with Gasteiger partial charge in [-0.3, -0.25) is 9.78 Å². The number of nitrogens with zero attached hydrogens (tertiary/aromatic N) is 2. The van der Waals surface area contributed by atoms with Crippen LogP contribution in [0.5, 0.6) is 0 Å². The van der Waals surface area contributed by atoms with E-state index in [9.17, 15) is 4.79 Å². The summed E-state index contributed by atoms with van der Waals surface area (Å²) in [6.07, 6.45) is 3.98. The fraction of sp³-hybridized carbons (Fsp3) is 0.400. The average Bonchev–Trinajstić information content (AvgIpc) is 2.37. The Morgan fingerprint density at radius 3 is 2.47 bits per heavy atom. The van der Waals surface area contributed by atoms with Crippen LogP contribution in [0.1, 0.15) is 35.5 Å². The molecule has 0 saturated heterocycles. The van der Waals surface area contributed by atoms with E-state index in [2.05, 4.69) is 15.0 Å². The summed E-state index contributed by atoms with van der Waals surface area (Å²) in [7, 11) is 0. The van der Waals surface area contributed by atoms with E-state index < -0.39 is 0 Å². The molecule has 0 saturated carbocycles. The number of hydrogen-bond donors (Lipinski definition) is 1. The molecule has 4 heteroatoms. The van der Waals surface area contributed by atoms with Gasteiger partial charge in [-0.25, -0.2) is 4.98 Å². The highest BCUT2D eigenvalue weighted by Crippen LogP contribution is 2.20. The van der Waals surface area contributed by atoms with E-state index in [1.807, 2.05) is 26.0 Å². The lowest BCUT2D eigenvalue weighted by molar-refractivity contribution is 0.657. The average molecular weight is 255 g/mol. The van der Waals surface area contributed by atoms with Crippen LogP contribution in [0.25, 0.3) is 11.4 Å². The lowest BCUT2D eigenvalue weighted by Crippen LogP contribution is -2.21. The maximum Gasteiger partial charge on any atom is 0.254 e. The van der Waals surface area contributed by atoms with Crippen molar-refractivity contribution in [2.75, 3.05) is 0 Å². The molecule has 0 bridgehead atoms. The molecule has 0 aromatic carbocycles. The summed E-state index contributed by atoms with van der Waals surface area (Å²) in [5, 5.41) is 0. The van der Waals surface area contributed by atoms with Gasteiger partial charge in [-0.05, 0) is 51.7 Å². The summed E-state index contributed by atoms with van der Waals surface area (Å²) >= 11 is 0. The second kappa shape index (κ2) is 4.61. The number of rotatable bonds is 1. The molecule has 1 aliphatic carbocycles. The number of hydrogen-bond acceptors (Lipinski definition) is 3. The molecule has 0 fully saturated rings. The van der Waals surface area contributed by atoms with Gasteiger partial charge in [0, 0.05) is 22.5 Å². The largest absolute Gasteiger partial charge is 0.306 e. The summed E-state index contributed by atoms with van der Waals surface area (Å²) < 4.78 is 0. The van der Waals surface area contributed by atoms with Crippen LogP contribution >= 0.6 is 0 Å². The van der Waals surface area contributed by atoms with Crippen LogP contribution in [0.2, 0.25) is 0 Å². The minimum atomic E-state index is 0.0202. The molecule has 4 nitrogen and oxygen atoms in total. The molecule has 3 rings (SSSR count). The van der Waals surface area contributed by atoms with Gasteiger partial charge in [0.25, 0.3) is 5.56 Å². The van der Waals surface area contributed by atoms with Crippen molar-refractivity contribution in [2.45, 2.75) is 39.5 Å². The Hall–Kier alpha value is -1.97. The zero-order chi connectivity index (χ0) is 13.4. The van der Waals surface area contributed by atoms with Gasteiger partial charge < -0.3 is 4.98 Å². The maximum absolute atomic E-state index is 12.1. The minimum Gasteiger partial charge on any atom is -0.306 e. The van der Waals surface area contributed by atoms with Crippen molar-refractivity contribution in [3.05, 3.63) is 45.1 Å². The van der Waals surface area contributed by atoms with Gasteiger partial charge in [-0.1, -0.05) is 0 Å². The zero-order valence-electron chi connectivity index (χ0n) is 11.3. The molecule has 0 unspecified atom stereocenters. The third kappa shape index (κ3) is 2.30. The van der Waals surface area contributed by atoms with Gasteiger partial charge in [0.05, 0.1) is 5.69 Å². The smallest absolute Gasteiger partial charge is 0.254 e. The standard InChI is InChI=1S/C15H17N3O/c1-9-7-11(8-10(2)16-9)14-17-13-6-4-3-5-12(13)15(19)18-14/h7-8H,3-6H2,1-2H3,(H,17,18,19). The predicted octanol–water partition coefficient (Wildman–Crippen LogP) is 2.33. The normalized spacial score (nSPS) is 14.2. The Morgan fingerprint density at radius 2 is 1.74 bits per heavy atom. The molecule has 0 radical (unpaired) electrons. The molecule has 0 atom stereocenters. The highest BCUT2D eigenvalue weighted by atomic mass is 16.1. The Balaban J connectivity index is 2.15. The summed E-state index contributed by atoms with van der Waals surface area (Å²) in [5.74, 6) is 0.666. The molecule has 2 aromatic heterocycles. The summed E-state index contributed by atoms with van der Waals surface area (Å²) in [6.45, 7) is 3.90. The van der Waals surface area contributed by atoms with Gasteiger partial charge >= 0.3 is 0 Å². The number of aryl methyl sites for hydroxylation is 3. The predicted molar refractivity (Wildman–Crippen MR) is 74.2 cm³/mol. The van der Waals surface area contributed by atoms with E-state index in [4.69, 9.17) is 0 Å².